The molecular weight excluding hydrogens is 224 g/mol. The maximum absolute atomic E-state index is 11.1. The van der Waals surface area contributed by atoms with Crippen molar-refractivity contribution in [2.75, 3.05) is 0 Å². The molecule has 76 valence electrons. The lowest BCUT2D eigenvalue weighted by molar-refractivity contribution is 0.101. The summed E-state index contributed by atoms with van der Waals surface area (Å²) in [6.45, 7) is 2.99. The smallest absolute Gasteiger partial charge is 0.261 e. The van der Waals surface area contributed by atoms with Gasteiger partial charge in [0.25, 0.3) is 9.05 Å². The Labute approximate surface area is 87.1 Å². The molecule has 0 aliphatic rings. The number of halogens is 1. The van der Waals surface area contributed by atoms with Gasteiger partial charge in [-0.25, -0.2) is 8.42 Å². The van der Waals surface area contributed by atoms with Crippen molar-refractivity contribution in [1.29, 1.82) is 0 Å². The van der Waals surface area contributed by atoms with Crippen LogP contribution in [0.25, 0.3) is 0 Å². The molecule has 0 N–H and O–H groups in total. The molecule has 1 aromatic carbocycles. The molecule has 3 nitrogen and oxygen atoms in total. The van der Waals surface area contributed by atoms with Crippen LogP contribution in [0.3, 0.4) is 0 Å². The van der Waals surface area contributed by atoms with E-state index in [0.717, 1.165) is 0 Å². The van der Waals surface area contributed by atoms with E-state index in [1.54, 1.807) is 19.1 Å². The summed E-state index contributed by atoms with van der Waals surface area (Å²) in [5.41, 5.74) is 0.875. The molecule has 0 saturated heterocycles. The summed E-state index contributed by atoms with van der Waals surface area (Å²) in [6, 6.07) is 4.43. The van der Waals surface area contributed by atoms with Gasteiger partial charge in [0, 0.05) is 16.2 Å². The van der Waals surface area contributed by atoms with E-state index in [9.17, 15) is 13.2 Å². The molecular formula is C9H9ClO3S. The molecule has 0 fully saturated rings. The van der Waals surface area contributed by atoms with E-state index in [1.807, 2.05) is 0 Å². The van der Waals surface area contributed by atoms with E-state index in [0.29, 0.717) is 11.1 Å². The van der Waals surface area contributed by atoms with Crippen molar-refractivity contribution in [3.63, 3.8) is 0 Å². The van der Waals surface area contributed by atoms with E-state index in [4.69, 9.17) is 10.7 Å². The first-order valence-electron chi connectivity index (χ1n) is 3.88. The molecule has 0 radical (unpaired) electrons. The zero-order chi connectivity index (χ0) is 10.9. The van der Waals surface area contributed by atoms with Gasteiger partial charge in [-0.05, 0) is 25.5 Å². The average Bonchev–Trinajstić information content (AvgIpc) is 2.02. The highest BCUT2D eigenvalue weighted by molar-refractivity contribution is 8.13. The Morgan fingerprint density at radius 2 is 1.93 bits per heavy atom. The van der Waals surface area contributed by atoms with Crippen LogP contribution in [-0.2, 0) is 9.05 Å². The molecule has 5 heteroatoms. The third-order valence-corrected chi connectivity index (χ3v) is 3.32. The Balaban J connectivity index is 3.44. The lowest BCUT2D eigenvalue weighted by Gasteiger charge is -2.03. The van der Waals surface area contributed by atoms with Crippen LogP contribution < -0.4 is 0 Å². The van der Waals surface area contributed by atoms with Crippen LogP contribution in [0.15, 0.2) is 23.1 Å². The summed E-state index contributed by atoms with van der Waals surface area (Å²) in [5, 5.41) is 0. The summed E-state index contributed by atoms with van der Waals surface area (Å²) >= 11 is 0. The van der Waals surface area contributed by atoms with E-state index >= 15 is 0 Å². The number of carbonyl (C=O) groups excluding carboxylic acids is 1. The standard InChI is InChI=1S/C9H9ClO3S/c1-6-3-4-8(7(2)11)5-9(6)14(10,12)13/h3-5H,1-2H3. The fourth-order valence-electron chi connectivity index (χ4n) is 1.08. The van der Waals surface area contributed by atoms with Crippen LogP contribution in [-0.4, -0.2) is 14.2 Å². The van der Waals surface area contributed by atoms with Crippen molar-refractivity contribution in [3.8, 4) is 0 Å². The van der Waals surface area contributed by atoms with Gasteiger partial charge >= 0.3 is 0 Å². The van der Waals surface area contributed by atoms with Gasteiger partial charge in [-0.1, -0.05) is 12.1 Å². The van der Waals surface area contributed by atoms with E-state index in [-0.39, 0.29) is 10.7 Å². The highest BCUT2D eigenvalue weighted by Gasteiger charge is 2.14. The van der Waals surface area contributed by atoms with Crippen molar-refractivity contribution in [2.24, 2.45) is 0 Å². The van der Waals surface area contributed by atoms with Crippen LogP contribution in [0.1, 0.15) is 22.8 Å². The fraction of sp³-hybridized carbons (Fsp3) is 0.222. The summed E-state index contributed by atoms with van der Waals surface area (Å²) in [6.07, 6.45) is 0. The zero-order valence-electron chi connectivity index (χ0n) is 7.74. The number of ketones is 1. The molecule has 0 amide bonds. The first-order chi connectivity index (χ1) is 6.32. The maximum Gasteiger partial charge on any atom is 0.261 e. The summed E-state index contributed by atoms with van der Waals surface area (Å²) < 4.78 is 22.2. The second-order valence-electron chi connectivity index (χ2n) is 2.97. The highest BCUT2D eigenvalue weighted by Crippen LogP contribution is 2.20. The predicted octanol–water partition coefficient (Wildman–Crippen LogP) is 2.13. The van der Waals surface area contributed by atoms with Gasteiger partial charge < -0.3 is 0 Å². The average molecular weight is 233 g/mol. The molecule has 0 spiro atoms. The van der Waals surface area contributed by atoms with Gasteiger partial charge in [0.05, 0.1) is 4.90 Å². The Hall–Kier alpha value is -0.870. The fourth-order valence-corrected chi connectivity index (χ4v) is 2.30. The number of aryl methyl sites for hydroxylation is 1. The first-order valence-corrected chi connectivity index (χ1v) is 6.19. The Bertz CT molecular complexity index is 477. The van der Waals surface area contributed by atoms with Crippen LogP contribution in [0.5, 0.6) is 0 Å². The summed E-state index contributed by atoms with van der Waals surface area (Å²) in [7, 11) is 1.43. The lowest BCUT2D eigenvalue weighted by Crippen LogP contribution is -1.99. The van der Waals surface area contributed by atoms with Crippen LogP contribution >= 0.6 is 10.7 Å². The van der Waals surface area contributed by atoms with Crippen molar-refractivity contribution < 1.29 is 13.2 Å². The van der Waals surface area contributed by atoms with Crippen molar-refractivity contribution >= 4 is 25.5 Å². The van der Waals surface area contributed by atoms with E-state index < -0.39 is 9.05 Å². The minimum absolute atomic E-state index is 0.00753. The summed E-state index contributed by atoms with van der Waals surface area (Å²) in [4.78, 5) is 11.0. The van der Waals surface area contributed by atoms with E-state index in [1.165, 1.54) is 13.0 Å². The largest absolute Gasteiger partial charge is 0.295 e. The second kappa shape index (κ2) is 3.71. The number of carbonyl (C=O) groups is 1. The van der Waals surface area contributed by atoms with Crippen LogP contribution in [0.4, 0.5) is 0 Å². The normalized spacial score (nSPS) is 11.4. The van der Waals surface area contributed by atoms with Gasteiger partial charge in [-0.15, -0.1) is 0 Å². The number of hydrogen-bond donors (Lipinski definition) is 0. The van der Waals surface area contributed by atoms with Crippen LogP contribution in [0, 0.1) is 6.92 Å². The molecule has 14 heavy (non-hydrogen) atoms. The molecule has 0 aliphatic heterocycles. The molecule has 1 rings (SSSR count). The van der Waals surface area contributed by atoms with Crippen molar-refractivity contribution in [2.45, 2.75) is 18.7 Å². The predicted molar refractivity (Wildman–Crippen MR) is 54.2 cm³/mol. The zero-order valence-corrected chi connectivity index (χ0v) is 9.32. The Morgan fingerprint density at radius 1 is 1.36 bits per heavy atom. The minimum atomic E-state index is -3.77. The number of Topliss-reactive ketones (excluding diaryl/α,β-unsaturated/α-hetero) is 1. The molecule has 0 aliphatic carbocycles. The topological polar surface area (TPSA) is 51.2 Å². The molecule has 0 saturated carbocycles. The first kappa shape index (κ1) is 11.2. The third kappa shape index (κ3) is 2.33. The van der Waals surface area contributed by atoms with Gasteiger partial charge in [0.1, 0.15) is 0 Å². The second-order valence-corrected chi connectivity index (χ2v) is 5.51. The number of rotatable bonds is 2. The Kier molecular flexibility index (Phi) is 2.97. The molecule has 0 heterocycles. The molecule has 1 aromatic rings. The third-order valence-electron chi connectivity index (χ3n) is 1.86. The molecule has 0 bridgehead atoms. The van der Waals surface area contributed by atoms with Gasteiger partial charge in [0.15, 0.2) is 5.78 Å². The number of benzene rings is 1. The molecule has 0 atom stereocenters. The Morgan fingerprint density at radius 3 is 2.36 bits per heavy atom. The number of hydrogen-bond acceptors (Lipinski definition) is 3. The van der Waals surface area contributed by atoms with Crippen LogP contribution in [0.2, 0.25) is 0 Å². The highest BCUT2D eigenvalue weighted by atomic mass is 35.7. The van der Waals surface area contributed by atoms with Gasteiger partial charge in [-0.2, -0.15) is 0 Å². The SMILES string of the molecule is CC(=O)c1ccc(C)c(S(=O)(=O)Cl)c1. The quantitative estimate of drug-likeness (QED) is 0.580. The van der Waals surface area contributed by atoms with Gasteiger partial charge in [0.2, 0.25) is 0 Å². The lowest BCUT2D eigenvalue weighted by atomic mass is 10.1. The van der Waals surface area contributed by atoms with Crippen molar-refractivity contribution in [3.05, 3.63) is 29.3 Å². The maximum atomic E-state index is 11.1. The molecule has 0 aromatic heterocycles. The monoisotopic (exact) mass is 232 g/mol. The summed E-state index contributed by atoms with van der Waals surface area (Å²) in [5.74, 6) is -0.188. The van der Waals surface area contributed by atoms with E-state index in [2.05, 4.69) is 0 Å². The minimum Gasteiger partial charge on any atom is -0.295 e. The van der Waals surface area contributed by atoms with Gasteiger partial charge in [-0.3, -0.25) is 4.79 Å². The molecule has 0 unspecified atom stereocenters. The van der Waals surface area contributed by atoms with Crippen molar-refractivity contribution in [1.82, 2.24) is 0 Å².